The number of amides is 1. The topological polar surface area (TPSA) is 68.3 Å². The molecule has 0 saturated carbocycles. The first-order chi connectivity index (χ1) is 11.2. The van der Waals surface area contributed by atoms with Gasteiger partial charge in [-0.15, -0.1) is 0 Å². The number of ketones is 1. The minimum absolute atomic E-state index is 0.218. The van der Waals surface area contributed by atoms with Gasteiger partial charge in [0.2, 0.25) is 0 Å². The fourth-order valence-electron chi connectivity index (χ4n) is 1.69. The van der Waals surface area contributed by atoms with Crippen LogP contribution >= 0.6 is 22.9 Å². The number of ether oxygens (including phenoxy) is 1. The molecule has 1 aromatic heterocycles. The van der Waals surface area contributed by atoms with Crippen LogP contribution in [-0.2, 0) is 4.74 Å². The second kappa shape index (κ2) is 7.59. The highest BCUT2D eigenvalue weighted by Gasteiger charge is 2.17. The van der Waals surface area contributed by atoms with Gasteiger partial charge in [-0.25, -0.2) is 9.78 Å². The SMILES string of the molecule is CC(C)(C)OC(=O)Nc1ncc(C(=O)/C=C/c2ccccc2Cl)s1. The summed E-state index contributed by atoms with van der Waals surface area (Å²) in [5.41, 5.74) is 0.154. The van der Waals surface area contributed by atoms with Crippen molar-refractivity contribution in [1.29, 1.82) is 0 Å². The van der Waals surface area contributed by atoms with Crippen LogP contribution in [-0.4, -0.2) is 22.5 Å². The molecule has 0 unspecified atom stereocenters. The smallest absolute Gasteiger partial charge is 0.413 e. The van der Waals surface area contributed by atoms with E-state index in [0.29, 0.717) is 15.0 Å². The Balaban J connectivity index is 2.01. The molecule has 2 rings (SSSR count). The highest BCUT2D eigenvalue weighted by atomic mass is 35.5. The molecule has 0 aliphatic carbocycles. The molecule has 0 bridgehead atoms. The quantitative estimate of drug-likeness (QED) is 0.609. The van der Waals surface area contributed by atoms with Crippen molar-refractivity contribution < 1.29 is 14.3 Å². The van der Waals surface area contributed by atoms with Crippen molar-refractivity contribution in [2.45, 2.75) is 26.4 Å². The molecule has 0 fully saturated rings. The Morgan fingerprint density at radius 2 is 2.00 bits per heavy atom. The van der Waals surface area contributed by atoms with Crippen LogP contribution in [0.25, 0.3) is 6.08 Å². The third kappa shape index (κ3) is 5.47. The number of carbonyl (C=O) groups is 2. The summed E-state index contributed by atoms with van der Waals surface area (Å²) < 4.78 is 5.13. The van der Waals surface area contributed by atoms with Gasteiger partial charge < -0.3 is 4.74 Å². The Morgan fingerprint density at radius 3 is 2.67 bits per heavy atom. The maximum Gasteiger partial charge on any atom is 0.413 e. The summed E-state index contributed by atoms with van der Waals surface area (Å²) in [4.78, 5) is 28.2. The van der Waals surface area contributed by atoms with Gasteiger partial charge in [0.1, 0.15) is 5.60 Å². The first-order valence-corrected chi connectivity index (χ1v) is 8.37. The van der Waals surface area contributed by atoms with Gasteiger partial charge in [-0.3, -0.25) is 10.1 Å². The average Bonchev–Trinajstić information content (AvgIpc) is 2.92. The number of anilines is 1. The minimum atomic E-state index is -0.609. The summed E-state index contributed by atoms with van der Waals surface area (Å²) in [5.74, 6) is -0.218. The normalized spacial score (nSPS) is 11.5. The van der Waals surface area contributed by atoms with Crippen molar-refractivity contribution in [2.75, 3.05) is 5.32 Å². The van der Waals surface area contributed by atoms with Crippen molar-refractivity contribution in [1.82, 2.24) is 4.98 Å². The fraction of sp³-hybridized carbons (Fsp3) is 0.235. The number of aromatic nitrogens is 1. The molecule has 126 valence electrons. The number of carbonyl (C=O) groups excluding carboxylic acids is 2. The number of allylic oxidation sites excluding steroid dienone is 1. The molecule has 0 saturated heterocycles. The lowest BCUT2D eigenvalue weighted by molar-refractivity contribution is 0.0635. The summed E-state index contributed by atoms with van der Waals surface area (Å²) in [5, 5.41) is 3.38. The van der Waals surface area contributed by atoms with E-state index in [4.69, 9.17) is 16.3 Å². The van der Waals surface area contributed by atoms with Crippen molar-refractivity contribution in [2.24, 2.45) is 0 Å². The van der Waals surface area contributed by atoms with Crippen LogP contribution < -0.4 is 5.32 Å². The molecule has 0 aliphatic heterocycles. The maximum atomic E-state index is 12.2. The van der Waals surface area contributed by atoms with Crippen LogP contribution in [0.15, 0.2) is 36.5 Å². The Kier molecular flexibility index (Phi) is 5.75. The highest BCUT2D eigenvalue weighted by Crippen LogP contribution is 2.21. The summed E-state index contributed by atoms with van der Waals surface area (Å²) >= 11 is 7.11. The van der Waals surface area contributed by atoms with Gasteiger partial charge in [0.25, 0.3) is 0 Å². The lowest BCUT2D eigenvalue weighted by Crippen LogP contribution is -2.27. The molecular weight excluding hydrogens is 348 g/mol. The summed E-state index contributed by atoms with van der Waals surface area (Å²) in [6.07, 6.45) is 3.87. The van der Waals surface area contributed by atoms with E-state index in [0.717, 1.165) is 16.9 Å². The minimum Gasteiger partial charge on any atom is -0.444 e. The van der Waals surface area contributed by atoms with E-state index in [9.17, 15) is 9.59 Å². The third-order valence-electron chi connectivity index (χ3n) is 2.68. The highest BCUT2D eigenvalue weighted by molar-refractivity contribution is 7.17. The van der Waals surface area contributed by atoms with Crippen LogP contribution in [0.3, 0.4) is 0 Å². The van der Waals surface area contributed by atoms with E-state index in [1.54, 1.807) is 32.9 Å². The first-order valence-electron chi connectivity index (χ1n) is 7.17. The molecular formula is C17H17ClN2O3S. The molecule has 5 nitrogen and oxygen atoms in total. The second-order valence-electron chi connectivity index (χ2n) is 5.88. The Labute approximate surface area is 149 Å². The maximum absolute atomic E-state index is 12.2. The number of hydrogen-bond donors (Lipinski definition) is 1. The molecule has 0 radical (unpaired) electrons. The standard InChI is InChI=1S/C17H17ClN2O3S/c1-17(2,3)23-16(22)20-15-19-10-14(24-15)13(21)9-8-11-6-4-5-7-12(11)18/h4-10H,1-3H3,(H,19,20,22)/b9-8+. The molecule has 1 heterocycles. The lowest BCUT2D eigenvalue weighted by atomic mass is 10.2. The van der Waals surface area contributed by atoms with Crippen LogP contribution in [0.4, 0.5) is 9.93 Å². The van der Waals surface area contributed by atoms with Crippen molar-refractivity contribution in [3.8, 4) is 0 Å². The van der Waals surface area contributed by atoms with Gasteiger partial charge in [0.15, 0.2) is 10.9 Å². The number of rotatable bonds is 4. The van der Waals surface area contributed by atoms with Crippen molar-refractivity contribution in [3.05, 3.63) is 52.0 Å². The van der Waals surface area contributed by atoms with Gasteiger partial charge in [-0.2, -0.15) is 0 Å². The molecule has 0 atom stereocenters. The summed E-state index contributed by atoms with van der Waals surface area (Å²) in [7, 11) is 0. The van der Waals surface area contributed by atoms with E-state index >= 15 is 0 Å². The van der Waals surface area contributed by atoms with Gasteiger partial charge >= 0.3 is 6.09 Å². The number of nitrogens with one attached hydrogen (secondary N) is 1. The Morgan fingerprint density at radius 1 is 1.29 bits per heavy atom. The summed E-state index contributed by atoms with van der Waals surface area (Å²) in [6.45, 7) is 5.30. The zero-order valence-electron chi connectivity index (χ0n) is 13.5. The molecule has 24 heavy (non-hydrogen) atoms. The van der Waals surface area contributed by atoms with E-state index in [-0.39, 0.29) is 5.78 Å². The second-order valence-corrected chi connectivity index (χ2v) is 7.31. The Bertz CT molecular complexity index is 778. The van der Waals surface area contributed by atoms with Gasteiger partial charge in [0, 0.05) is 5.02 Å². The number of halogens is 1. The number of hydrogen-bond acceptors (Lipinski definition) is 5. The predicted molar refractivity (Wildman–Crippen MR) is 96.8 cm³/mol. The fourth-order valence-corrected chi connectivity index (χ4v) is 2.62. The van der Waals surface area contributed by atoms with Crippen LogP contribution in [0.2, 0.25) is 5.02 Å². The van der Waals surface area contributed by atoms with Crippen molar-refractivity contribution in [3.63, 3.8) is 0 Å². The summed E-state index contributed by atoms with van der Waals surface area (Å²) in [6, 6.07) is 7.22. The zero-order chi connectivity index (χ0) is 17.7. The van der Waals surface area contributed by atoms with Crippen LogP contribution in [0, 0.1) is 0 Å². The average molecular weight is 365 g/mol. The zero-order valence-corrected chi connectivity index (χ0v) is 15.1. The molecule has 1 aromatic carbocycles. The molecule has 1 amide bonds. The monoisotopic (exact) mass is 364 g/mol. The predicted octanol–water partition coefficient (Wildman–Crippen LogP) is 5.04. The third-order valence-corrected chi connectivity index (χ3v) is 3.95. The number of benzene rings is 1. The van der Waals surface area contributed by atoms with E-state index in [1.807, 2.05) is 18.2 Å². The molecule has 7 heteroatoms. The van der Waals surface area contributed by atoms with Crippen LogP contribution in [0.1, 0.15) is 36.0 Å². The van der Waals surface area contributed by atoms with Gasteiger partial charge in [-0.05, 0) is 44.6 Å². The Hall–Kier alpha value is -2.18. The van der Waals surface area contributed by atoms with Crippen molar-refractivity contribution >= 4 is 46.0 Å². The van der Waals surface area contributed by atoms with Gasteiger partial charge in [-0.1, -0.05) is 41.1 Å². The molecule has 0 spiro atoms. The largest absolute Gasteiger partial charge is 0.444 e. The molecule has 0 aliphatic rings. The first kappa shape index (κ1) is 18.2. The lowest BCUT2D eigenvalue weighted by Gasteiger charge is -2.18. The number of thiazole rings is 1. The molecule has 1 N–H and O–H groups in total. The van der Waals surface area contributed by atoms with Gasteiger partial charge in [0.05, 0.1) is 11.1 Å². The molecule has 2 aromatic rings. The van der Waals surface area contributed by atoms with E-state index < -0.39 is 11.7 Å². The van der Waals surface area contributed by atoms with E-state index in [2.05, 4.69) is 10.3 Å². The van der Waals surface area contributed by atoms with Crippen LogP contribution in [0.5, 0.6) is 0 Å². The number of nitrogens with zero attached hydrogens (tertiary/aromatic N) is 1. The van der Waals surface area contributed by atoms with E-state index in [1.165, 1.54) is 12.3 Å².